The number of hydrogen-bond donors (Lipinski definition) is 2. The van der Waals surface area contributed by atoms with Crippen molar-refractivity contribution < 1.29 is 19.1 Å². The molecule has 0 atom stereocenters. The Morgan fingerprint density at radius 3 is 2.73 bits per heavy atom. The van der Waals surface area contributed by atoms with Crippen molar-refractivity contribution in [3.63, 3.8) is 0 Å². The fourth-order valence-corrected chi connectivity index (χ4v) is 4.35. The van der Waals surface area contributed by atoms with E-state index in [1.165, 1.54) is 4.90 Å². The third-order valence-corrected chi connectivity index (χ3v) is 6.15. The maximum absolute atomic E-state index is 12.4. The number of thioether (sulfide) groups is 1. The van der Waals surface area contributed by atoms with Gasteiger partial charge in [0.2, 0.25) is 0 Å². The first-order chi connectivity index (χ1) is 12.3. The zero-order chi connectivity index (χ0) is 18.9. The number of nitrogens with zero attached hydrogens (tertiary/aromatic N) is 2. The van der Waals surface area contributed by atoms with Crippen LogP contribution < -0.4 is 4.90 Å². The Labute approximate surface area is 161 Å². The van der Waals surface area contributed by atoms with Gasteiger partial charge in [0, 0.05) is 31.0 Å². The summed E-state index contributed by atoms with van der Waals surface area (Å²) in [5.74, 6) is -0.324. The van der Waals surface area contributed by atoms with Gasteiger partial charge in [-0.05, 0) is 23.8 Å². The lowest BCUT2D eigenvalue weighted by Gasteiger charge is -2.23. The lowest BCUT2D eigenvalue weighted by molar-refractivity contribution is -0.122. The third kappa shape index (κ3) is 4.16. The average Bonchev–Trinajstić information content (AvgIpc) is 2.86. The standard InChI is InChI=1S/C17H17N2O4PS2/c1-18-9-8-12(13-4-2-3-5-14(13)18)6-7-15-16(20)19(17(25)26-15)10-11-24(21,22)23/h2-9H,10-11H2,1H3,(H2,21,22,23)/b12-6+,15-7-. The molecule has 0 bridgehead atoms. The van der Waals surface area contributed by atoms with Crippen molar-refractivity contribution >= 4 is 53.1 Å². The largest absolute Gasteiger partial charge is 0.351 e. The van der Waals surface area contributed by atoms with Gasteiger partial charge in [0.1, 0.15) is 4.32 Å². The molecule has 2 aliphatic heterocycles. The molecule has 6 nitrogen and oxygen atoms in total. The predicted octanol–water partition coefficient (Wildman–Crippen LogP) is 2.96. The van der Waals surface area contributed by atoms with Crippen molar-refractivity contribution in [1.29, 1.82) is 0 Å². The number of thiocarbonyl (C=S) groups is 1. The van der Waals surface area contributed by atoms with E-state index in [0.717, 1.165) is 28.6 Å². The maximum atomic E-state index is 12.4. The first-order valence-corrected chi connectivity index (χ1v) is 10.8. The number of anilines is 1. The number of rotatable bonds is 4. The second-order valence-corrected chi connectivity index (χ2v) is 9.26. The van der Waals surface area contributed by atoms with Gasteiger partial charge in [-0.1, -0.05) is 48.3 Å². The molecule has 2 N–H and O–H groups in total. The van der Waals surface area contributed by atoms with Crippen LogP contribution in [0.3, 0.4) is 0 Å². The lowest BCUT2D eigenvalue weighted by atomic mass is 10.00. The Bertz CT molecular complexity index is 904. The predicted molar refractivity (Wildman–Crippen MR) is 109 cm³/mol. The minimum Gasteiger partial charge on any atom is -0.351 e. The van der Waals surface area contributed by atoms with E-state index in [1.54, 1.807) is 6.08 Å². The van der Waals surface area contributed by atoms with Gasteiger partial charge in [0.25, 0.3) is 5.91 Å². The van der Waals surface area contributed by atoms with Crippen LogP contribution >= 0.6 is 31.6 Å². The summed E-state index contributed by atoms with van der Waals surface area (Å²) in [6.07, 6.45) is 7.08. The molecule has 0 saturated carbocycles. The van der Waals surface area contributed by atoms with Crippen LogP contribution in [0, 0.1) is 0 Å². The molecular formula is C17H17N2O4PS2. The Morgan fingerprint density at radius 2 is 2.00 bits per heavy atom. The van der Waals surface area contributed by atoms with Gasteiger partial charge in [-0.2, -0.15) is 0 Å². The summed E-state index contributed by atoms with van der Waals surface area (Å²) >= 11 is 6.30. The lowest BCUT2D eigenvalue weighted by Crippen LogP contribution is -2.30. The molecule has 2 aliphatic rings. The Balaban J connectivity index is 1.82. The highest BCUT2D eigenvalue weighted by atomic mass is 32.2. The van der Waals surface area contributed by atoms with Gasteiger partial charge in [-0.25, -0.2) is 0 Å². The SMILES string of the molecule is CN1C=C/C(=C\C=C2/SC(=S)N(CCP(=O)(O)O)C2=O)c2ccccc21. The second kappa shape index (κ2) is 7.50. The fraction of sp³-hybridized carbons (Fsp3) is 0.176. The quantitative estimate of drug-likeness (QED) is 0.450. The van der Waals surface area contributed by atoms with Gasteiger partial charge in [-0.3, -0.25) is 14.3 Å². The number of benzene rings is 1. The molecule has 1 aromatic carbocycles. The van der Waals surface area contributed by atoms with Crippen LogP contribution in [-0.2, 0) is 9.36 Å². The van der Waals surface area contributed by atoms with Crippen LogP contribution in [0.1, 0.15) is 5.56 Å². The molecule has 0 radical (unpaired) electrons. The van der Waals surface area contributed by atoms with Crippen LogP contribution in [-0.4, -0.2) is 44.7 Å². The molecule has 136 valence electrons. The molecule has 1 aromatic rings. The molecule has 3 rings (SSSR count). The molecule has 0 unspecified atom stereocenters. The van der Waals surface area contributed by atoms with Crippen molar-refractivity contribution in [3.05, 3.63) is 59.2 Å². The van der Waals surface area contributed by atoms with E-state index in [4.69, 9.17) is 22.0 Å². The monoisotopic (exact) mass is 408 g/mol. The van der Waals surface area contributed by atoms with E-state index in [2.05, 4.69) is 0 Å². The molecule has 2 heterocycles. The number of carbonyl (C=O) groups is 1. The van der Waals surface area contributed by atoms with Crippen LogP contribution in [0.2, 0.25) is 0 Å². The van der Waals surface area contributed by atoms with E-state index in [1.807, 2.05) is 54.6 Å². The highest BCUT2D eigenvalue weighted by Crippen LogP contribution is 2.37. The molecule has 1 saturated heterocycles. The molecule has 26 heavy (non-hydrogen) atoms. The smallest absolute Gasteiger partial charge is 0.327 e. The summed E-state index contributed by atoms with van der Waals surface area (Å²) in [6.45, 7) is -0.0869. The maximum Gasteiger partial charge on any atom is 0.327 e. The summed E-state index contributed by atoms with van der Waals surface area (Å²) in [5, 5.41) is 0. The highest BCUT2D eigenvalue weighted by molar-refractivity contribution is 8.26. The van der Waals surface area contributed by atoms with Gasteiger partial charge >= 0.3 is 7.60 Å². The molecule has 0 aliphatic carbocycles. The molecule has 0 aromatic heterocycles. The molecule has 9 heteroatoms. The number of para-hydroxylation sites is 1. The molecule has 0 spiro atoms. The van der Waals surface area contributed by atoms with Gasteiger partial charge in [0.05, 0.1) is 11.1 Å². The van der Waals surface area contributed by atoms with Gasteiger partial charge < -0.3 is 14.7 Å². The van der Waals surface area contributed by atoms with Crippen molar-refractivity contribution in [2.75, 3.05) is 24.7 Å². The average molecular weight is 408 g/mol. The summed E-state index contributed by atoms with van der Waals surface area (Å²) in [6, 6.07) is 7.97. The third-order valence-electron chi connectivity index (χ3n) is 3.98. The van der Waals surface area contributed by atoms with Crippen molar-refractivity contribution in [2.45, 2.75) is 0 Å². The minimum absolute atomic E-state index is 0.0869. The van der Waals surface area contributed by atoms with E-state index < -0.39 is 13.8 Å². The zero-order valence-electron chi connectivity index (χ0n) is 13.9. The van der Waals surface area contributed by atoms with Crippen molar-refractivity contribution in [2.24, 2.45) is 0 Å². The Morgan fingerprint density at radius 1 is 1.27 bits per heavy atom. The van der Waals surface area contributed by atoms with E-state index in [9.17, 15) is 9.36 Å². The molecular weight excluding hydrogens is 391 g/mol. The summed E-state index contributed by atoms with van der Waals surface area (Å²) in [7, 11) is -2.21. The fourth-order valence-electron chi connectivity index (χ4n) is 2.64. The van der Waals surface area contributed by atoms with Gasteiger partial charge in [-0.15, -0.1) is 0 Å². The first kappa shape index (κ1) is 19.1. The van der Waals surface area contributed by atoms with Crippen molar-refractivity contribution in [1.82, 2.24) is 4.90 Å². The zero-order valence-corrected chi connectivity index (χ0v) is 16.4. The number of carbonyl (C=O) groups excluding carboxylic acids is 1. The highest BCUT2D eigenvalue weighted by Gasteiger charge is 2.32. The molecule has 1 fully saturated rings. The normalized spacial score (nSPS) is 20.4. The van der Waals surface area contributed by atoms with Crippen molar-refractivity contribution in [3.8, 4) is 0 Å². The van der Waals surface area contributed by atoms with Crippen LogP contribution in [0.5, 0.6) is 0 Å². The van der Waals surface area contributed by atoms with Crippen LogP contribution in [0.4, 0.5) is 5.69 Å². The summed E-state index contributed by atoms with van der Waals surface area (Å²) < 4.78 is 11.3. The number of amides is 1. The first-order valence-electron chi connectivity index (χ1n) is 7.77. The van der Waals surface area contributed by atoms with E-state index >= 15 is 0 Å². The second-order valence-electron chi connectivity index (χ2n) is 5.81. The van der Waals surface area contributed by atoms with Gasteiger partial charge in [0.15, 0.2) is 0 Å². The van der Waals surface area contributed by atoms with E-state index in [0.29, 0.717) is 9.23 Å². The number of fused-ring (bicyclic) bond motifs is 1. The van der Waals surface area contributed by atoms with Crippen LogP contribution in [0.25, 0.3) is 5.57 Å². The summed E-state index contributed by atoms with van der Waals surface area (Å²) in [5.41, 5.74) is 3.11. The topological polar surface area (TPSA) is 81.1 Å². The summed E-state index contributed by atoms with van der Waals surface area (Å²) in [4.78, 5) is 34.1. The van der Waals surface area contributed by atoms with E-state index in [-0.39, 0.29) is 12.5 Å². The Hall–Kier alpha value is -1.70. The minimum atomic E-state index is -4.18. The van der Waals surface area contributed by atoms with Crippen LogP contribution in [0.15, 0.2) is 53.6 Å². The molecule has 1 amide bonds. The number of hydrogen-bond acceptors (Lipinski definition) is 5. The number of allylic oxidation sites excluding steroid dienone is 4. The Kier molecular flexibility index (Phi) is 5.50.